The maximum Gasteiger partial charge on any atom is 0.255 e. The second-order valence-electron chi connectivity index (χ2n) is 5.64. The van der Waals surface area contributed by atoms with Gasteiger partial charge in [-0.1, -0.05) is 6.07 Å². The van der Waals surface area contributed by atoms with Crippen LogP contribution < -0.4 is 15.4 Å². The van der Waals surface area contributed by atoms with E-state index in [9.17, 15) is 4.79 Å². The summed E-state index contributed by atoms with van der Waals surface area (Å²) in [5, 5.41) is 7.20. The van der Waals surface area contributed by atoms with E-state index >= 15 is 0 Å². The lowest BCUT2D eigenvalue weighted by atomic mass is 9.94. The smallest absolute Gasteiger partial charge is 0.255 e. The molecular weight excluding hydrogens is 284 g/mol. The summed E-state index contributed by atoms with van der Waals surface area (Å²) in [6.45, 7) is 1.40. The number of amides is 1. The van der Waals surface area contributed by atoms with Crippen LogP contribution in [0.2, 0.25) is 0 Å². The second kappa shape index (κ2) is 6.60. The average Bonchev–Trinajstić information content (AvgIpc) is 2.55. The zero-order chi connectivity index (χ0) is 14.7. The number of hydrogen-bond donors (Lipinski definition) is 2. The minimum Gasteiger partial charge on any atom is -0.489 e. The Hall–Kier alpha value is -1.36. The molecule has 4 nitrogen and oxygen atoms in total. The number of fused-ring (bicyclic) bond motifs is 1. The molecule has 2 aliphatic rings. The molecule has 1 fully saturated rings. The lowest BCUT2D eigenvalue weighted by molar-refractivity contribution is 0.0924. The summed E-state index contributed by atoms with van der Waals surface area (Å²) >= 11 is 1.94. The standard InChI is InChI=1S/C16H22N2O2S/c1-21-12-7-5-11(6-8-12)18-16(19)13-3-2-4-14-15(13)20-10-9-17-14/h2-4,11-12,17H,5-10H2,1H3,(H,18,19). The van der Waals surface area contributed by atoms with Crippen molar-refractivity contribution in [2.24, 2.45) is 0 Å². The van der Waals surface area contributed by atoms with Crippen LogP contribution in [-0.2, 0) is 0 Å². The number of rotatable bonds is 3. The van der Waals surface area contributed by atoms with Gasteiger partial charge in [0.1, 0.15) is 6.61 Å². The summed E-state index contributed by atoms with van der Waals surface area (Å²) in [6, 6.07) is 6.00. The van der Waals surface area contributed by atoms with Crippen molar-refractivity contribution >= 4 is 23.4 Å². The molecule has 1 aliphatic carbocycles. The monoisotopic (exact) mass is 306 g/mol. The molecular formula is C16H22N2O2S. The molecule has 5 heteroatoms. The summed E-state index contributed by atoms with van der Waals surface area (Å²) in [4.78, 5) is 12.5. The van der Waals surface area contributed by atoms with E-state index in [1.807, 2.05) is 30.0 Å². The molecule has 0 radical (unpaired) electrons. The minimum atomic E-state index is -0.0110. The highest BCUT2D eigenvalue weighted by Gasteiger charge is 2.24. The molecule has 0 aromatic heterocycles. The third kappa shape index (κ3) is 3.28. The quantitative estimate of drug-likeness (QED) is 0.901. The normalized spacial score (nSPS) is 24.4. The fourth-order valence-corrected chi connectivity index (χ4v) is 3.80. The van der Waals surface area contributed by atoms with Crippen LogP contribution in [0.3, 0.4) is 0 Å². The minimum absolute atomic E-state index is 0.0110. The molecule has 1 aliphatic heterocycles. The first-order valence-corrected chi connectivity index (χ1v) is 8.90. The molecule has 1 amide bonds. The van der Waals surface area contributed by atoms with Gasteiger partial charge in [-0.05, 0) is 44.1 Å². The molecule has 1 heterocycles. The van der Waals surface area contributed by atoms with Crippen LogP contribution in [0.15, 0.2) is 18.2 Å². The van der Waals surface area contributed by atoms with E-state index in [2.05, 4.69) is 16.9 Å². The molecule has 0 unspecified atom stereocenters. The zero-order valence-corrected chi connectivity index (χ0v) is 13.2. The molecule has 114 valence electrons. The Kier molecular flexibility index (Phi) is 4.58. The summed E-state index contributed by atoms with van der Waals surface area (Å²) in [7, 11) is 0. The number of para-hydroxylation sites is 1. The number of carbonyl (C=O) groups is 1. The van der Waals surface area contributed by atoms with E-state index in [0.717, 1.165) is 30.3 Å². The number of anilines is 1. The van der Waals surface area contributed by atoms with Crippen molar-refractivity contribution in [3.05, 3.63) is 23.8 Å². The molecule has 0 spiro atoms. The number of ether oxygens (including phenoxy) is 1. The zero-order valence-electron chi connectivity index (χ0n) is 12.4. The molecule has 0 bridgehead atoms. The van der Waals surface area contributed by atoms with Crippen LogP contribution in [0.25, 0.3) is 0 Å². The van der Waals surface area contributed by atoms with E-state index in [-0.39, 0.29) is 5.91 Å². The Morgan fingerprint density at radius 3 is 2.90 bits per heavy atom. The molecule has 2 N–H and O–H groups in total. The lowest BCUT2D eigenvalue weighted by Crippen LogP contribution is -2.38. The average molecular weight is 306 g/mol. The number of benzene rings is 1. The van der Waals surface area contributed by atoms with Crippen molar-refractivity contribution in [3.8, 4) is 5.75 Å². The Morgan fingerprint density at radius 2 is 2.14 bits per heavy atom. The summed E-state index contributed by atoms with van der Waals surface area (Å²) in [5.74, 6) is 0.683. The molecule has 1 aromatic rings. The van der Waals surface area contributed by atoms with Crippen LogP contribution in [0, 0.1) is 0 Å². The first-order valence-electron chi connectivity index (χ1n) is 7.61. The Bertz CT molecular complexity index is 513. The second-order valence-corrected chi connectivity index (χ2v) is 6.78. The van der Waals surface area contributed by atoms with Crippen LogP contribution in [0.4, 0.5) is 5.69 Å². The first kappa shape index (κ1) is 14.6. The first-order chi connectivity index (χ1) is 10.3. The van der Waals surface area contributed by atoms with Crippen molar-refractivity contribution in [1.82, 2.24) is 5.32 Å². The molecule has 0 saturated heterocycles. The van der Waals surface area contributed by atoms with Gasteiger partial charge in [0.05, 0.1) is 11.3 Å². The predicted molar refractivity (Wildman–Crippen MR) is 87.5 cm³/mol. The van der Waals surface area contributed by atoms with Crippen molar-refractivity contribution in [1.29, 1.82) is 0 Å². The highest BCUT2D eigenvalue weighted by atomic mass is 32.2. The predicted octanol–water partition coefficient (Wildman–Crippen LogP) is 2.89. The SMILES string of the molecule is CSC1CCC(NC(=O)c2cccc3c2OCCN3)CC1. The van der Waals surface area contributed by atoms with Crippen molar-refractivity contribution in [2.75, 3.05) is 24.7 Å². The Morgan fingerprint density at radius 1 is 1.33 bits per heavy atom. The lowest BCUT2D eigenvalue weighted by Gasteiger charge is -2.28. The molecule has 0 atom stereocenters. The van der Waals surface area contributed by atoms with Gasteiger partial charge in [0, 0.05) is 17.8 Å². The largest absolute Gasteiger partial charge is 0.489 e. The van der Waals surface area contributed by atoms with Crippen LogP contribution in [0.1, 0.15) is 36.0 Å². The van der Waals surface area contributed by atoms with Gasteiger partial charge in [0.2, 0.25) is 0 Å². The topological polar surface area (TPSA) is 50.4 Å². The number of thioether (sulfide) groups is 1. The van der Waals surface area contributed by atoms with Gasteiger partial charge in [-0.2, -0.15) is 11.8 Å². The highest BCUT2D eigenvalue weighted by Crippen LogP contribution is 2.32. The number of carbonyl (C=O) groups excluding carboxylic acids is 1. The Balaban J connectivity index is 1.66. The van der Waals surface area contributed by atoms with E-state index < -0.39 is 0 Å². The molecule has 21 heavy (non-hydrogen) atoms. The summed E-state index contributed by atoms with van der Waals surface area (Å²) in [6.07, 6.45) is 6.70. The molecule has 1 aromatic carbocycles. The van der Waals surface area contributed by atoms with Crippen molar-refractivity contribution < 1.29 is 9.53 Å². The van der Waals surface area contributed by atoms with Gasteiger partial charge in [-0.15, -0.1) is 0 Å². The highest BCUT2D eigenvalue weighted by molar-refractivity contribution is 7.99. The Labute approximate surface area is 130 Å². The van der Waals surface area contributed by atoms with Crippen LogP contribution in [0.5, 0.6) is 5.75 Å². The fourth-order valence-electron chi connectivity index (χ4n) is 3.06. The van der Waals surface area contributed by atoms with Crippen molar-refractivity contribution in [3.63, 3.8) is 0 Å². The van der Waals surface area contributed by atoms with Gasteiger partial charge in [-0.3, -0.25) is 4.79 Å². The maximum absolute atomic E-state index is 12.5. The van der Waals surface area contributed by atoms with Crippen LogP contribution >= 0.6 is 11.8 Å². The van der Waals surface area contributed by atoms with Gasteiger partial charge in [0.25, 0.3) is 5.91 Å². The number of nitrogens with one attached hydrogen (secondary N) is 2. The van der Waals surface area contributed by atoms with E-state index in [1.165, 1.54) is 12.8 Å². The van der Waals surface area contributed by atoms with Gasteiger partial charge in [0.15, 0.2) is 5.75 Å². The van der Waals surface area contributed by atoms with Crippen molar-refractivity contribution in [2.45, 2.75) is 37.0 Å². The van der Waals surface area contributed by atoms with Gasteiger partial charge in [-0.25, -0.2) is 0 Å². The molecule has 3 rings (SSSR count). The van der Waals surface area contributed by atoms with Gasteiger partial charge >= 0.3 is 0 Å². The third-order valence-electron chi connectivity index (χ3n) is 4.27. The maximum atomic E-state index is 12.5. The van der Waals surface area contributed by atoms with E-state index in [4.69, 9.17) is 4.74 Å². The van der Waals surface area contributed by atoms with E-state index in [1.54, 1.807) is 0 Å². The summed E-state index contributed by atoms with van der Waals surface area (Å²) in [5.41, 5.74) is 1.56. The number of hydrogen-bond acceptors (Lipinski definition) is 4. The van der Waals surface area contributed by atoms with Gasteiger partial charge < -0.3 is 15.4 Å². The third-order valence-corrected chi connectivity index (χ3v) is 5.40. The summed E-state index contributed by atoms with van der Waals surface area (Å²) < 4.78 is 5.67. The van der Waals surface area contributed by atoms with E-state index in [0.29, 0.717) is 24.0 Å². The van der Waals surface area contributed by atoms with Crippen LogP contribution in [-0.4, -0.2) is 36.6 Å². The molecule has 1 saturated carbocycles. The fraction of sp³-hybridized carbons (Fsp3) is 0.562.